The van der Waals surface area contributed by atoms with E-state index >= 15 is 0 Å². The summed E-state index contributed by atoms with van der Waals surface area (Å²) >= 11 is 5.81. The number of ether oxygens (including phenoxy) is 3. The Morgan fingerprint density at radius 2 is 1.61 bits per heavy atom. The molecule has 0 spiro atoms. The molecule has 1 saturated carbocycles. The molecule has 1 saturated heterocycles. The molecule has 2 aliphatic rings. The van der Waals surface area contributed by atoms with Crippen molar-refractivity contribution >= 4 is 52.2 Å². The topological polar surface area (TPSA) is 176 Å². The van der Waals surface area contributed by atoms with Gasteiger partial charge < -0.3 is 34.2 Å². The number of benzene rings is 3. The predicted octanol–water partition coefficient (Wildman–Crippen LogP) is 8.10. The molecule has 3 aromatic carbocycles. The maximum atomic E-state index is 14.1. The summed E-state index contributed by atoms with van der Waals surface area (Å²) < 4.78 is 22.8. The number of nitriles is 1. The van der Waals surface area contributed by atoms with Crippen molar-refractivity contribution in [3.05, 3.63) is 96.0 Å². The zero-order valence-corrected chi connectivity index (χ0v) is 39.9. The van der Waals surface area contributed by atoms with Crippen molar-refractivity contribution in [1.29, 1.82) is 5.26 Å². The number of Topliss-reactive ketones (excluding diaryl/α,β-unsaturated/α-hetero) is 1. The van der Waals surface area contributed by atoms with Crippen molar-refractivity contribution in [2.75, 3.05) is 42.8 Å². The summed E-state index contributed by atoms with van der Waals surface area (Å²) in [6.45, 7) is 15.3. The van der Waals surface area contributed by atoms with Gasteiger partial charge in [-0.2, -0.15) is 5.26 Å². The number of carbonyl (C=O) groups is 4. The van der Waals surface area contributed by atoms with Gasteiger partial charge in [-0.1, -0.05) is 52.0 Å². The maximum Gasteiger partial charge on any atom is 0.259 e. The molecule has 14 nitrogen and oxygen atoms in total. The minimum atomic E-state index is -0.919. The molecule has 350 valence electrons. The van der Waals surface area contributed by atoms with Crippen LogP contribution >= 0.6 is 12.2 Å². The minimum Gasteiger partial charge on any atom is -0.494 e. The van der Waals surface area contributed by atoms with Crippen LogP contribution < -0.4 is 25.2 Å². The number of ketones is 1. The third-order valence-corrected chi connectivity index (χ3v) is 12.6. The van der Waals surface area contributed by atoms with Crippen molar-refractivity contribution in [1.82, 2.24) is 15.6 Å². The molecule has 1 aliphatic heterocycles. The van der Waals surface area contributed by atoms with Gasteiger partial charge in [0.05, 0.1) is 36.2 Å². The number of aromatic nitrogens is 1. The van der Waals surface area contributed by atoms with Gasteiger partial charge in [0.2, 0.25) is 11.8 Å². The molecule has 4 atom stereocenters. The van der Waals surface area contributed by atoms with E-state index in [1.165, 1.54) is 11.3 Å². The van der Waals surface area contributed by atoms with Crippen LogP contribution in [0.4, 0.5) is 11.4 Å². The quantitative estimate of drug-likeness (QED) is 0.0608. The van der Waals surface area contributed by atoms with E-state index in [1.807, 2.05) is 95.0 Å². The van der Waals surface area contributed by atoms with E-state index < -0.39 is 28.8 Å². The summed E-state index contributed by atoms with van der Waals surface area (Å²) in [6.07, 6.45) is 6.41. The van der Waals surface area contributed by atoms with Crippen molar-refractivity contribution in [2.24, 2.45) is 23.2 Å². The van der Waals surface area contributed by atoms with Gasteiger partial charge in [-0.25, -0.2) is 4.98 Å². The average molecular weight is 919 g/mol. The summed E-state index contributed by atoms with van der Waals surface area (Å²) in [5.41, 5.74) is 3.04. The number of amides is 3. The molecular weight excluding hydrogens is 857 g/mol. The number of rotatable bonds is 21. The third kappa shape index (κ3) is 12.1. The second kappa shape index (κ2) is 22.0. The Hall–Kier alpha value is -5.95. The molecule has 4 aromatic rings. The number of aryl methyl sites for hydroxylation is 1. The van der Waals surface area contributed by atoms with Crippen LogP contribution in [0.2, 0.25) is 0 Å². The van der Waals surface area contributed by atoms with Gasteiger partial charge in [0.1, 0.15) is 17.9 Å². The lowest BCUT2D eigenvalue weighted by atomic mass is 9.77. The average Bonchev–Trinajstić information content (AvgIpc) is 4.01. The molecule has 66 heavy (non-hydrogen) atoms. The summed E-state index contributed by atoms with van der Waals surface area (Å²) in [5, 5.41) is 15.7. The summed E-state index contributed by atoms with van der Waals surface area (Å²) in [7, 11) is 0. The van der Waals surface area contributed by atoms with E-state index in [-0.39, 0.29) is 36.0 Å². The molecule has 2 heterocycles. The van der Waals surface area contributed by atoms with E-state index in [2.05, 4.69) is 28.6 Å². The number of anilines is 2. The van der Waals surface area contributed by atoms with Crippen molar-refractivity contribution in [2.45, 2.75) is 98.7 Å². The molecule has 0 radical (unpaired) electrons. The van der Waals surface area contributed by atoms with E-state index in [1.54, 1.807) is 24.4 Å². The molecule has 2 N–H and O–H groups in total. The lowest BCUT2D eigenvalue weighted by Crippen LogP contribution is -2.53. The van der Waals surface area contributed by atoms with Crippen LogP contribution in [0.15, 0.2) is 83.7 Å². The monoisotopic (exact) mass is 918 g/mol. The van der Waals surface area contributed by atoms with E-state index in [4.69, 9.17) is 30.8 Å². The highest BCUT2D eigenvalue weighted by molar-refractivity contribution is 7.81. The number of unbranched alkanes of at least 4 members (excludes halogenated alkanes) is 1. The highest BCUT2D eigenvalue weighted by Gasteiger charge is 2.50. The fraction of sp³-hybridized carbons (Fsp3) is 0.471. The van der Waals surface area contributed by atoms with Crippen LogP contribution in [0.5, 0.6) is 5.75 Å². The standard InChI is InChI=1S/C51H62N6O8S/c1-33-25-41(42(26-33)47(60)54-29-35-11-13-36(14-12-35)43-30-53-32-65-43)45(59)46(50(3,4)5)55-44(58)31-63-23-10-22-62-21-8-9-24-64-40-19-17-38(18-20-40)57-49(66)56(48(61)51(57,6)7)39-16-15-37(28-52)34(2)27-39/h11-20,27,30,32-33,41-42,46H,8-10,21-26,29,31H2,1-7H3,(H,54,60)(H,55,58)/t33-,41?,42+,46+/m0/s1. The molecule has 1 aromatic heterocycles. The smallest absolute Gasteiger partial charge is 0.259 e. The van der Waals surface area contributed by atoms with Crippen molar-refractivity contribution in [3.63, 3.8) is 0 Å². The van der Waals surface area contributed by atoms with Gasteiger partial charge in [0, 0.05) is 49.5 Å². The number of nitrogens with one attached hydrogen (secondary N) is 2. The number of thiocarbonyl (C=S) groups is 1. The Morgan fingerprint density at radius 3 is 2.27 bits per heavy atom. The van der Waals surface area contributed by atoms with Crippen LogP contribution in [-0.4, -0.2) is 78.2 Å². The summed E-state index contributed by atoms with van der Waals surface area (Å²) in [6, 6.07) is 21.8. The van der Waals surface area contributed by atoms with E-state index in [9.17, 15) is 24.4 Å². The fourth-order valence-corrected chi connectivity index (χ4v) is 9.10. The normalized spacial score (nSPS) is 18.5. The molecule has 1 aliphatic carbocycles. The number of nitrogens with zero attached hydrogens (tertiary/aromatic N) is 4. The van der Waals surface area contributed by atoms with Gasteiger partial charge in [-0.05, 0) is 130 Å². The van der Waals surface area contributed by atoms with E-state index in [0.717, 1.165) is 35.2 Å². The van der Waals surface area contributed by atoms with Crippen LogP contribution in [-0.2, 0) is 35.2 Å². The number of hydrogen-bond acceptors (Lipinski definition) is 11. The third-order valence-electron chi connectivity index (χ3n) is 12.2. The molecule has 1 unspecified atom stereocenters. The van der Waals surface area contributed by atoms with Gasteiger partial charge in [-0.3, -0.25) is 24.1 Å². The number of oxazole rings is 1. The molecular formula is C51H62N6O8S. The van der Waals surface area contributed by atoms with Gasteiger partial charge in [0.25, 0.3) is 5.91 Å². The Balaban J connectivity index is 0.854. The molecule has 0 bridgehead atoms. The lowest BCUT2D eigenvalue weighted by molar-refractivity contribution is -0.138. The minimum absolute atomic E-state index is 0.122. The van der Waals surface area contributed by atoms with Gasteiger partial charge in [0.15, 0.2) is 23.0 Å². The first-order valence-electron chi connectivity index (χ1n) is 22.7. The predicted molar refractivity (Wildman–Crippen MR) is 256 cm³/mol. The number of hydrogen-bond donors (Lipinski definition) is 2. The molecule has 2 fully saturated rings. The lowest BCUT2D eigenvalue weighted by Gasteiger charge is -2.33. The zero-order valence-electron chi connectivity index (χ0n) is 39.1. The Bertz CT molecular complexity index is 2370. The largest absolute Gasteiger partial charge is 0.494 e. The van der Waals surface area contributed by atoms with Crippen LogP contribution in [0.3, 0.4) is 0 Å². The Kier molecular flexibility index (Phi) is 16.5. The first-order valence-corrected chi connectivity index (χ1v) is 23.1. The first kappa shape index (κ1) is 49.5. The van der Waals surface area contributed by atoms with Crippen molar-refractivity contribution < 1.29 is 37.8 Å². The zero-order chi connectivity index (χ0) is 47.6. The Morgan fingerprint density at radius 1 is 0.939 bits per heavy atom. The number of carbonyl (C=O) groups excluding carboxylic acids is 4. The van der Waals surface area contributed by atoms with Crippen LogP contribution in [0.1, 0.15) is 90.3 Å². The SMILES string of the molecule is Cc1cc(N2C(=O)C(C)(C)N(c3ccc(OCCCCOCCCOCC(=O)N[C@H](C(=O)C4C[C@H](C)C[C@H]4C(=O)NCc4ccc(-c5cnco5)cc4)C(C)(C)C)cc3)C2=S)ccc1C#N. The first-order chi connectivity index (χ1) is 31.5. The fourth-order valence-electron chi connectivity index (χ4n) is 8.58. The summed E-state index contributed by atoms with van der Waals surface area (Å²) in [4.78, 5) is 61.5. The molecule has 3 amide bonds. The van der Waals surface area contributed by atoms with Crippen LogP contribution in [0.25, 0.3) is 11.3 Å². The highest BCUT2D eigenvalue weighted by atomic mass is 32.1. The molecule has 6 rings (SSSR count). The van der Waals surface area contributed by atoms with Gasteiger partial charge >= 0.3 is 0 Å². The Labute approximate surface area is 393 Å². The van der Waals surface area contributed by atoms with Crippen LogP contribution in [0, 0.1) is 41.4 Å². The molecule has 15 heteroatoms. The summed E-state index contributed by atoms with van der Waals surface area (Å²) in [5.74, 6) is -0.225. The van der Waals surface area contributed by atoms with E-state index in [0.29, 0.717) is 80.1 Å². The second-order valence-electron chi connectivity index (χ2n) is 18.8. The van der Waals surface area contributed by atoms with Gasteiger partial charge in [-0.15, -0.1) is 0 Å². The maximum absolute atomic E-state index is 14.1. The highest BCUT2D eigenvalue weighted by Crippen LogP contribution is 2.40. The second-order valence-corrected chi connectivity index (χ2v) is 19.2. The van der Waals surface area contributed by atoms with Crippen molar-refractivity contribution in [3.8, 4) is 23.1 Å².